The molecule has 0 aliphatic heterocycles. The molecule has 0 aliphatic carbocycles. The van der Waals surface area contributed by atoms with Crippen LogP contribution in [0.25, 0.3) is 0 Å². The van der Waals surface area contributed by atoms with Gasteiger partial charge in [0.15, 0.2) is 0 Å². The second-order valence-corrected chi connectivity index (χ2v) is 4.33. The van der Waals surface area contributed by atoms with Crippen LogP contribution in [0, 0.1) is 6.92 Å². The normalized spacial score (nSPS) is 13.7. The first-order valence-electron chi connectivity index (χ1n) is 5.77. The molecular formula is C13H17NO5. The molecule has 6 nitrogen and oxygen atoms in total. The maximum absolute atomic E-state index is 11.0. The van der Waals surface area contributed by atoms with E-state index in [0.717, 1.165) is 0 Å². The molecule has 104 valence electrons. The topological polar surface area (TPSA) is 107 Å². The smallest absolute Gasteiger partial charge is 0.335 e. The second-order valence-electron chi connectivity index (χ2n) is 4.33. The lowest BCUT2D eigenvalue weighted by Crippen LogP contribution is -2.34. The number of carbonyl (C=O) groups is 2. The predicted octanol–water partition coefficient (Wildman–Crippen LogP) is 0.224. The van der Waals surface area contributed by atoms with Gasteiger partial charge >= 0.3 is 5.97 Å². The number of aliphatic hydroxyl groups is 2. The molecule has 0 fully saturated rings. The number of carboxylic acids is 1. The molecule has 6 heteroatoms. The van der Waals surface area contributed by atoms with Gasteiger partial charge in [-0.2, -0.15) is 0 Å². The van der Waals surface area contributed by atoms with Crippen LogP contribution in [0.4, 0.5) is 0 Å². The summed E-state index contributed by atoms with van der Waals surface area (Å²) in [4.78, 5) is 21.7. The Morgan fingerprint density at radius 2 is 1.95 bits per heavy atom. The first kappa shape index (κ1) is 15.1. The highest BCUT2D eigenvalue weighted by molar-refractivity contribution is 5.89. The minimum Gasteiger partial charge on any atom is -0.478 e. The first-order chi connectivity index (χ1) is 8.82. The number of aliphatic hydroxyl groups excluding tert-OH is 2. The standard InChI is InChI=1S/C13H17NO5/c1-7-3-4-9(5-10(7)13(18)19)12(17)11(16)6-14-8(2)15/h3-5,11-12,16-17H,6H2,1-2H3,(H,14,15)(H,18,19). The van der Waals surface area contributed by atoms with Crippen LogP contribution < -0.4 is 5.32 Å². The number of rotatable bonds is 5. The van der Waals surface area contributed by atoms with Crippen molar-refractivity contribution in [3.05, 3.63) is 34.9 Å². The lowest BCUT2D eigenvalue weighted by atomic mass is 9.99. The van der Waals surface area contributed by atoms with Gasteiger partial charge in [0.2, 0.25) is 5.91 Å². The number of hydrogen-bond donors (Lipinski definition) is 4. The molecule has 4 N–H and O–H groups in total. The van der Waals surface area contributed by atoms with Crippen LogP contribution in [0.1, 0.15) is 34.5 Å². The third-order valence-electron chi connectivity index (χ3n) is 2.76. The molecule has 1 amide bonds. The summed E-state index contributed by atoms with van der Waals surface area (Å²) in [6, 6.07) is 4.43. The summed E-state index contributed by atoms with van der Waals surface area (Å²) in [5.41, 5.74) is 0.934. The quantitative estimate of drug-likeness (QED) is 0.610. The first-order valence-corrected chi connectivity index (χ1v) is 5.77. The fraction of sp³-hybridized carbons (Fsp3) is 0.385. The summed E-state index contributed by atoms with van der Waals surface area (Å²) in [5.74, 6) is -1.41. The summed E-state index contributed by atoms with van der Waals surface area (Å²) in [6.07, 6.45) is -2.46. The van der Waals surface area contributed by atoms with Gasteiger partial charge < -0.3 is 20.6 Å². The van der Waals surface area contributed by atoms with Crippen molar-refractivity contribution >= 4 is 11.9 Å². The van der Waals surface area contributed by atoms with Crippen LogP contribution in [-0.2, 0) is 4.79 Å². The van der Waals surface area contributed by atoms with Crippen molar-refractivity contribution in [1.82, 2.24) is 5.32 Å². The molecule has 0 aromatic heterocycles. The van der Waals surface area contributed by atoms with Crippen molar-refractivity contribution in [2.24, 2.45) is 0 Å². The molecule has 2 atom stereocenters. The highest BCUT2D eigenvalue weighted by atomic mass is 16.4. The average Bonchev–Trinajstić information content (AvgIpc) is 2.35. The third kappa shape index (κ3) is 4.04. The highest BCUT2D eigenvalue weighted by Crippen LogP contribution is 2.20. The number of aryl methyl sites for hydroxylation is 1. The van der Waals surface area contributed by atoms with E-state index >= 15 is 0 Å². The molecule has 0 saturated carbocycles. The van der Waals surface area contributed by atoms with E-state index in [2.05, 4.69) is 5.32 Å². The molecular weight excluding hydrogens is 250 g/mol. The molecule has 1 aromatic carbocycles. The third-order valence-corrected chi connectivity index (χ3v) is 2.76. The van der Waals surface area contributed by atoms with E-state index in [1.165, 1.54) is 13.0 Å². The Kier molecular flexibility index (Phi) is 5.02. The van der Waals surface area contributed by atoms with Gasteiger partial charge in [0.25, 0.3) is 0 Å². The zero-order valence-corrected chi connectivity index (χ0v) is 10.8. The number of hydrogen-bond acceptors (Lipinski definition) is 4. The fourth-order valence-electron chi connectivity index (χ4n) is 1.64. The molecule has 2 unspecified atom stereocenters. The van der Waals surface area contributed by atoms with Crippen LogP contribution in [0.15, 0.2) is 18.2 Å². The molecule has 0 spiro atoms. The van der Waals surface area contributed by atoms with Gasteiger partial charge in [-0.1, -0.05) is 12.1 Å². The van der Waals surface area contributed by atoms with Crippen LogP contribution in [-0.4, -0.2) is 39.8 Å². The summed E-state index contributed by atoms with van der Waals surface area (Å²) in [6.45, 7) is 2.84. The van der Waals surface area contributed by atoms with Gasteiger partial charge in [-0.25, -0.2) is 4.79 Å². The predicted molar refractivity (Wildman–Crippen MR) is 67.8 cm³/mol. The van der Waals surface area contributed by atoms with Crippen molar-refractivity contribution in [1.29, 1.82) is 0 Å². The van der Waals surface area contributed by atoms with E-state index in [0.29, 0.717) is 11.1 Å². The summed E-state index contributed by atoms with van der Waals surface area (Å²) in [5, 5.41) is 31.0. The molecule has 0 saturated heterocycles. The van der Waals surface area contributed by atoms with Gasteiger partial charge in [-0.3, -0.25) is 4.79 Å². The van der Waals surface area contributed by atoms with Gasteiger partial charge in [0, 0.05) is 13.5 Å². The Morgan fingerprint density at radius 1 is 1.32 bits per heavy atom. The van der Waals surface area contributed by atoms with Crippen LogP contribution in [0.2, 0.25) is 0 Å². The van der Waals surface area contributed by atoms with E-state index in [-0.39, 0.29) is 18.0 Å². The number of nitrogens with one attached hydrogen (secondary N) is 1. The Morgan fingerprint density at radius 3 is 2.47 bits per heavy atom. The molecule has 0 radical (unpaired) electrons. The van der Waals surface area contributed by atoms with Crippen molar-refractivity contribution in [2.75, 3.05) is 6.54 Å². The molecule has 19 heavy (non-hydrogen) atoms. The number of benzene rings is 1. The zero-order valence-electron chi connectivity index (χ0n) is 10.8. The molecule has 0 bridgehead atoms. The van der Waals surface area contributed by atoms with Crippen molar-refractivity contribution in [3.8, 4) is 0 Å². The van der Waals surface area contributed by atoms with Gasteiger partial charge in [-0.05, 0) is 24.1 Å². The Bertz CT molecular complexity index is 486. The van der Waals surface area contributed by atoms with Crippen molar-refractivity contribution in [2.45, 2.75) is 26.1 Å². The molecule has 0 aliphatic rings. The number of aromatic carboxylic acids is 1. The number of carboxylic acid groups (broad SMARTS) is 1. The highest BCUT2D eigenvalue weighted by Gasteiger charge is 2.20. The lowest BCUT2D eigenvalue weighted by molar-refractivity contribution is -0.119. The van der Waals surface area contributed by atoms with E-state index < -0.39 is 18.2 Å². The van der Waals surface area contributed by atoms with Crippen LogP contribution in [0.3, 0.4) is 0 Å². The molecule has 1 rings (SSSR count). The van der Waals surface area contributed by atoms with E-state index in [4.69, 9.17) is 5.11 Å². The number of amides is 1. The van der Waals surface area contributed by atoms with Crippen molar-refractivity contribution in [3.63, 3.8) is 0 Å². The van der Waals surface area contributed by atoms with Crippen molar-refractivity contribution < 1.29 is 24.9 Å². The summed E-state index contributed by atoms with van der Waals surface area (Å²) >= 11 is 0. The van der Waals surface area contributed by atoms with Gasteiger partial charge in [0.1, 0.15) is 12.2 Å². The van der Waals surface area contributed by atoms with Crippen LogP contribution in [0.5, 0.6) is 0 Å². The molecule has 1 aromatic rings. The average molecular weight is 267 g/mol. The van der Waals surface area contributed by atoms with E-state index in [9.17, 15) is 19.8 Å². The zero-order chi connectivity index (χ0) is 14.6. The summed E-state index contributed by atoms with van der Waals surface area (Å²) in [7, 11) is 0. The van der Waals surface area contributed by atoms with Gasteiger partial charge in [0.05, 0.1) is 5.56 Å². The Labute approximate surface area is 110 Å². The molecule has 0 heterocycles. The fourth-order valence-corrected chi connectivity index (χ4v) is 1.64. The Hall–Kier alpha value is -1.92. The minimum atomic E-state index is -1.26. The van der Waals surface area contributed by atoms with E-state index in [1.54, 1.807) is 19.1 Å². The second kappa shape index (κ2) is 6.31. The number of carbonyl (C=O) groups excluding carboxylic acids is 1. The van der Waals surface area contributed by atoms with Gasteiger partial charge in [-0.15, -0.1) is 0 Å². The minimum absolute atomic E-state index is 0.0725. The lowest BCUT2D eigenvalue weighted by Gasteiger charge is -2.19. The monoisotopic (exact) mass is 267 g/mol. The maximum atomic E-state index is 11.0. The SMILES string of the molecule is CC(=O)NCC(O)C(O)c1ccc(C)c(C(=O)O)c1. The summed E-state index contributed by atoms with van der Waals surface area (Å²) < 4.78 is 0. The largest absolute Gasteiger partial charge is 0.478 e. The Balaban J connectivity index is 2.87. The van der Waals surface area contributed by atoms with Crippen LogP contribution >= 0.6 is 0 Å². The maximum Gasteiger partial charge on any atom is 0.335 e. The van der Waals surface area contributed by atoms with E-state index in [1.807, 2.05) is 0 Å².